The lowest BCUT2D eigenvalue weighted by Gasteiger charge is -2.23. The fourth-order valence-corrected chi connectivity index (χ4v) is 1.81. The predicted molar refractivity (Wildman–Crippen MR) is 59.7 cm³/mol. The van der Waals surface area contributed by atoms with E-state index in [4.69, 9.17) is 10.6 Å². The monoisotopic (exact) mass is 222 g/mol. The Balaban J connectivity index is 2.28. The fourth-order valence-electron chi connectivity index (χ4n) is 1.81. The predicted octanol–water partition coefficient (Wildman–Crippen LogP) is 2.02. The summed E-state index contributed by atoms with van der Waals surface area (Å²) in [5.74, 6) is 5.90. The van der Waals surface area contributed by atoms with Crippen LogP contribution in [0, 0.1) is 5.82 Å². The molecule has 0 spiro atoms. The lowest BCUT2D eigenvalue weighted by Crippen LogP contribution is -2.31. The summed E-state index contributed by atoms with van der Waals surface area (Å²) < 4.78 is 19.1. The van der Waals surface area contributed by atoms with Crippen molar-refractivity contribution >= 4 is 0 Å². The van der Waals surface area contributed by atoms with Gasteiger partial charge in [-0.15, -0.1) is 0 Å². The smallest absolute Gasteiger partial charge is 0.128 e. The number of hydrogen-bond acceptors (Lipinski definition) is 3. The highest BCUT2D eigenvalue weighted by molar-refractivity contribution is 5.27. The van der Waals surface area contributed by atoms with Crippen molar-refractivity contribution in [1.29, 1.82) is 0 Å². The Morgan fingerprint density at radius 1 is 1.38 bits per heavy atom. The molecule has 3 nitrogen and oxygen atoms in total. The molecule has 0 bridgehead atoms. The van der Waals surface area contributed by atoms with Gasteiger partial charge in [-0.3, -0.25) is 5.84 Å². The molecular formula is C12H15FN2O. The lowest BCUT2D eigenvalue weighted by molar-refractivity contribution is 0.167. The van der Waals surface area contributed by atoms with Crippen molar-refractivity contribution in [3.05, 3.63) is 47.5 Å². The summed E-state index contributed by atoms with van der Waals surface area (Å²) in [6, 6.07) is 6.16. The number of benzene rings is 1. The summed E-state index contributed by atoms with van der Waals surface area (Å²) in [6.07, 6.45) is 3.90. The molecule has 0 aromatic heterocycles. The average Bonchev–Trinajstić information content (AvgIpc) is 2.34. The second-order valence-electron chi connectivity index (χ2n) is 3.72. The Morgan fingerprint density at radius 3 is 2.81 bits per heavy atom. The number of halogens is 1. The van der Waals surface area contributed by atoms with E-state index in [1.54, 1.807) is 18.2 Å². The van der Waals surface area contributed by atoms with Gasteiger partial charge in [0.1, 0.15) is 17.6 Å². The summed E-state index contributed by atoms with van der Waals surface area (Å²) in [4.78, 5) is 0. The Bertz CT molecular complexity index is 392. The maximum atomic E-state index is 13.6. The Morgan fingerprint density at radius 2 is 2.19 bits per heavy atom. The van der Waals surface area contributed by atoms with Crippen LogP contribution in [0.3, 0.4) is 0 Å². The SMILES string of the molecule is NNC(C1=CCCCO1)c1ccccc1F. The quantitative estimate of drug-likeness (QED) is 0.607. The van der Waals surface area contributed by atoms with Crippen LogP contribution in [-0.2, 0) is 4.74 Å². The summed E-state index contributed by atoms with van der Waals surface area (Å²) >= 11 is 0. The molecule has 4 heteroatoms. The van der Waals surface area contributed by atoms with Crippen LogP contribution in [0.1, 0.15) is 24.4 Å². The van der Waals surface area contributed by atoms with Gasteiger partial charge in [0.25, 0.3) is 0 Å². The first-order chi connectivity index (χ1) is 7.83. The lowest BCUT2D eigenvalue weighted by atomic mass is 10.0. The van der Waals surface area contributed by atoms with Gasteiger partial charge in [-0.05, 0) is 25.0 Å². The van der Waals surface area contributed by atoms with E-state index in [2.05, 4.69) is 5.43 Å². The molecule has 0 saturated carbocycles. The van der Waals surface area contributed by atoms with Crippen LogP contribution < -0.4 is 11.3 Å². The third-order valence-corrected chi connectivity index (χ3v) is 2.63. The molecule has 1 aromatic carbocycles. The van der Waals surface area contributed by atoms with Crippen LogP contribution in [0.5, 0.6) is 0 Å². The van der Waals surface area contributed by atoms with Crippen LogP contribution in [0.15, 0.2) is 36.1 Å². The van der Waals surface area contributed by atoms with Crippen molar-refractivity contribution in [1.82, 2.24) is 5.43 Å². The van der Waals surface area contributed by atoms with E-state index < -0.39 is 6.04 Å². The fraction of sp³-hybridized carbons (Fsp3) is 0.333. The van der Waals surface area contributed by atoms with Gasteiger partial charge in [-0.25, -0.2) is 9.82 Å². The summed E-state index contributed by atoms with van der Waals surface area (Å²) in [6.45, 7) is 0.665. The van der Waals surface area contributed by atoms with Crippen LogP contribution in [0.4, 0.5) is 4.39 Å². The standard InChI is InChI=1S/C12H15FN2O/c13-10-6-2-1-5-9(10)12(15-14)11-7-3-4-8-16-11/h1-2,5-7,12,15H,3-4,8,14H2. The minimum absolute atomic E-state index is 0.277. The summed E-state index contributed by atoms with van der Waals surface area (Å²) in [5, 5.41) is 0. The number of nitrogens with two attached hydrogens (primary N) is 1. The highest BCUT2D eigenvalue weighted by atomic mass is 19.1. The molecule has 0 saturated heterocycles. The van der Waals surface area contributed by atoms with Crippen molar-refractivity contribution in [3.63, 3.8) is 0 Å². The van der Waals surface area contributed by atoms with E-state index in [0.717, 1.165) is 12.8 Å². The Labute approximate surface area is 94.1 Å². The molecule has 0 fully saturated rings. The van der Waals surface area contributed by atoms with Crippen LogP contribution in [0.25, 0.3) is 0 Å². The molecule has 2 rings (SSSR count). The van der Waals surface area contributed by atoms with E-state index in [1.807, 2.05) is 6.08 Å². The topological polar surface area (TPSA) is 47.3 Å². The molecule has 1 atom stereocenters. The van der Waals surface area contributed by atoms with Crippen molar-refractivity contribution < 1.29 is 9.13 Å². The maximum Gasteiger partial charge on any atom is 0.128 e. The summed E-state index contributed by atoms with van der Waals surface area (Å²) in [5.41, 5.74) is 3.11. The third kappa shape index (κ3) is 2.23. The van der Waals surface area contributed by atoms with E-state index in [-0.39, 0.29) is 5.82 Å². The van der Waals surface area contributed by atoms with Crippen molar-refractivity contribution in [2.24, 2.45) is 5.84 Å². The molecule has 3 N–H and O–H groups in total. The van der Waals surface area contributed by atoms with E-state index in [1.165, 1.54) is 6.07 Å². The van der Waals surface area contributed by atoms with Crippen LogP contribution >= 0.6 is 0 Å². The molecule has 1 unspecified atom stereocenters. The number of allylic oxidation sites excluding steroid dienone is 1. The third-order valence-electron chi connectivity index (χ3n) is 2.63. The molecule has 16 heavy (non-hydrogen) atoms. The zero-order valence-electron chi connectivity index (χ0n) is 8.95. The summed E-state index contributed by atoms with van der Waals surface area (Å²) in [7, 11) is 0. The Kier molecular flexibility index (Phi) is 3.54. The zero-order valence-corrected chi connectivity index (χ0v) is 8.95. The molecule has 1 aliphatic heterocycles. The van der Waals surface area contributed by atoms with Gasteiger partial charge in [0.2, 0.25) is 0 Å². The molecule has 1 aromatic rings. The number of nitrogens with one attached hydrogen (secondary N) is 1. The number of hydrazine groups is 1. The van der Waals surface area contributed by atoms with Crippen LogP contribution in [0.2, 0.25) is 0 Å². The number of rotatable bonds is 3. The minimum Gasteiger partial charge on any atom is -0.496 e. The maximum absolute atomic E-state index is 13.6. The number of ether oxygens (including phenoxy) is 1. The zero-order chi connectivity index (χ0) is 11.4. The first-order valence-electron chi connectivity index (χ1n) is 5.36. The van der Waals surface area contributed by atoms with E-state index >= 15 is 0 Å². The van der Waals surface area contributed by atoms with Gasteiger partial charge in [0, 0.05) is 5.56 Å². The average molecular weight is 222 g/mol. The van der Waals surface area contributed by atoms with Crippen molar-refractivity contribution in [2.75, 3.05) is 6.61 Å². The normalized spacial score (nSPS) is 17.5. The highest BCUT2D eigenvalue weighted by Crippen LogP contribution is 2.26. The van der Waals surface area contributed by atoms with Gasteiger partial charge in [0.15, 0.2) is 0 Å². The molecule has 1 aliphatic rings. The molecule has 0 radical (unpaired) electrons. The van der Waals surface area contributed by atoms with Gasteiger partial charge in [-0.1, -0.05) is 18.2 Å². The van der Waals surface area contributed by atoms with Crippen LogP contribution in [-0.4, -0.2) is 6.61 Å². The highest BCUT2D eigenvalue weighted by Gasteiger charge is 2.21. The van der Waals surface area contributed by atoms with Gasteiger partial charge >= 0.3 is 0 Å². The van der Waals surface area contributed by atoms with Gasteiger partial charge < -0.3 is 4.74 Å². The minimum atomic E-state index is -0.401. The second-order valence-corrected chi connectivity index (χ2v) is 3.72. The first-order valence-corrected chi connectivity index (χ1v) is 5.36. The van der Waals surface area contributed by atoms with Gasteiger partial charge in [0.05, 0.1) is 6.61 Å². The van der Waals surface area contributed by atoms with E-state index in [9.17, 15) is 4.39 Å². The largest absolute Gasteiger partial charge is 0.496 e. The molecule has 86 valence electrons. The molecule has 0 aliphatic carbocycles. The first kappa shape index (κ1) is 11.1. The molecule has 0 amide bonds. The molecular weight excluding hydrogens is 207 g/mol. The Hall–Kier alpha value is -1.39. The number of hydrogen-bond donors (Lipinski definition) is 2. The molecule has 1 heterocycles. The van der Waals surface area contributed by atoms with E-state index in [0.29, 0.717) is 17.9 Å². The van der Waals surface area contributed by atoms with Gasteiger partial charge in [-0.2, -0.15) is 0 Å². The van der Waals surface area contributed by atoms with Crippen molar-refractivity contribution in [2.45, 2.75) is 18.9 Å². The van der Waals surface area contributed by atoms with Crippen molar-refractivity contribution in [3.8, 4) is 0 Å². The second kappa shape index (κ2) is 5.09.